The minimum absolute atomic E-state index is 0.0666. The van der Waals surface area contributed by atoms with E-state index in [1.54, 1.807) is 37.3 Å². The summed E-state index contributed by atoms with van der Waals surface area (Å²) in [4.78, 5) is 26.6. The fourth-order valence-electron chi connectivity index (χ4n) is 3.07. The van der Waals surface area contributed by atoms with Gasteiger partial charge in [-0.25, -0.2) is 17.1 Å². The minimum Gasteiger partial charge on any atom is -0.357 e. The van der Waals surface area contributed by atoms with Gasteiger partial charge >= 0.3 is 0 Å². The lowest BCUT2D eigenvalue weighted by Gasteiger charge is -2.28. The second-order valence-electron chi connectivity index (χ2n) is 7.18. The van der Waals surface area contributed by atoms with Crippen molar-refractivity contribution in [3.8, 4) is 0 Å². The number of nitrogens with one attached hydrogen (secondary N) is 1. The third-order valence-electron chi connectivity index (χ3n) is 4.99. The number of carbonyl (C=O) groups is 2. The zero-order valence-corrected chi connectivity index (χ0v) is 18.7. The normalized spacial score (nSPS) is 12.4. The summed E-state index contributed by atoms with van der Waals surface area (Å²) < 4.78 is 39.6. The van der Waals surface area contributed by atoms with Crippen molar-refractivity contribution in [1.82, 2.24) is 14.5 Å². The maximum absolute atomic E-state index is 13.2. The molecular formula is C22H28FN3O4S. The first-order valence-corrected chi connectivity index (χ1v) is 11.4. The minimum atomic E-state index is -3.63. The van der Waals surface area contributed by atoms with Crippen LogP contribution in [-0.2, 0) is 26.2 Å². The van der Waals surface area contributed by atoms with Crippen LogP contribution in [0.2, 0.25) is 0 Å². The van der Waals surface area contributed by atoms with Crippen LogP contribution in [0.3, 0.4) is 0 Å². The van der Waals surface area contributed by atoms with Crippen molar-refractivity contribution >= 4 is 21.8 Å². The largest absolute Gasteiger partial charge is 0.357 e. The fourth-order valence-corrected chi connectivity index (χ4v) is 4.30. The highest BCUT2D eigenvalue weighted by Crippen LogP contribution is 2.16. The van der Waals surface area contributed by atoms with Gasteiger partial charge in [0, 0.05) is 33.6 Å². The van der Waals surface area contributed by atoms with Crippen LogP contribution in [-0.4, -0.2) is 56.1 Å². The maximum atomic E-state index is 13.2. The monoisotopic (exact) mass is 449 g/mol. The third kappa shape index (κ3) is 6.60. The maximum Gasteiger partial charge on any atom is 0.242 e. The highest BCUT2D eigenvalue weighted by Gasteiger charge is 2.26. The molecule has 2 amide bonds. The van der Waals surface area contributed by atoms with Gasteiger partial charge in [-0.05, 0) is 43.2 Å². The van der Waals surface area contributed by atoms with Crippen LogP contribution in [0.25, 0.3) is 0 Å². The second-order valence-corrected chi connectivity index (χ2v) is 9.23. The van der Waals surface area contributed by atoms with Gasteiger partial charge in [0.25, 0.3) is 0 Å². The summed E-state index contributed by atoms with van der Waals surface area (Å²) in [5.74, 6) is -0.992. The van der Waals surface area contributed by atoms with E-state index in [9.17, 15) is 22.4 Å². The van der Waals surface area contributed by atoms with Gasteiger partial charge in [-0.15, -0.1) is 0 Å². The van der Waals surface area contributed by atoms with Crippen molar-refractivity contribution in [3.63, 3.8) is 0 Å². The predicted molar refractivity (Wildman–Crippen MR) is 116 cm³/mol. The molecule has 7 nitrogen and oxygen atoms in total. The molecule has 0 spiro atoms. The van der Waals surface area contributed by atoms with E-state index in [4.69, 9.17) is 0 Å². The molecule has 0 aliphatic heterocycles. The summed E-state index contributed by atoms with van der Waals surface area (Å²) in [6.07, 6.45) is 0.360. The van der Waals surface area contributed by atoms with Crippen molar-refractivity contribution in [2.24, 2.45) is 0 Å². The molecular weight excluding hydrogens is 421 g/mol. The van der Waals surface area contributed by atoms with Gasteiger partial charge in [0.2, 0.25) is 21.8 Å². The highest BCUT2D eigenvalue weighted by molar-refractivity contribution is 7.89. The third-order valence-corrected chi connectivity index (χ3v) is 6.87. The van der Waals surface area contributed by atoms with Crippen LogP contribution in [0.1, 0.15) is 25.3 Å². The van der Waals surface area contributed by atoms with Gasteiger partial charge in [0.15, 0.2) is 0 Å². The molecule has 2 aromatic rings. The average Bonchev–Trinajstić information content (AvgIpc) is 2.77. The summed E-state index contributed by atoms with van der Waals surface area (Å²) >= 11 is 0. The quantitative estimate of drug-likeness (QED) is 0.603. The zero-order valence-electron chi connectivity index (χ0n) is 17.9. The van der Waals surface area contributed by atoms with Crippen molar-refractivity contribution in [2.75, 3.05) is 20.6 Å². The molecule has 0 heterocycles. The number of rotatable bonds is 10. The van der Waals surface area contributed by atoms with Crippen LogP contribution in [0, 0.1) is 5.82 Å². The van der Waals surface area contributed by atoms with Gasteiger partial charge in [-0.2, -0.15) is 0 Å². The standard InChI is InChI=1S/C22H28FN3O4S/c1-17(22(28)24-2)26(16-18-11-13-19(23)14-12-18)21(27)10-7-15-25(3)31(29,30)20-8-5-4-6-9-20/h4-6,8-9,11-14,17H,7,10,15-16H2,1-3H3,(H,24,28)/t17-/m1/s1. The van der Waals surface area contributed by atoms with E-state index in [0.717, 1.165) is 0 Å². The number of amides is 2. The van der Waals surface area contributed by atoms with Crippen LogP contribution in [0.5, 0.6) is 0 Å². The Bertz CT molecular complexity index is 982. The van der Waals surface area contributed by atoms with E-state index in [0.29, 0.717) is 12.0 Å². The molecule has 0 saturated carbocycles. The lowest BCUT2D eigenvalue weighted by Crippen LogP contribution is -2.46. The van der Waals surface area contributed by atoms with Crippen LogP contribution in [0.15, 0.2) is 59.5 Å². The molecule has 2 aromatic carbocycles. The lowest BCUT2D eigenvalue weighted by molar-refractivity contribution is -0.140. The van der Waals surface area contributed by atoms with Crippen molar-refractivity contribution < 1.29 is 22.4 Å². The summed E-state index contributed by atoms with van der Waals surface area (Å²) in [7, 11) is -0.677. The van der Waals surface area contributed by atoms with E-state index in [2.05, 4.69) is 5.32 Å². The van der Waals surface area contributed by atoms with E-state index in [1.165, 1.54) is 47.6 Å². The number of hydrogen-bond donors (Lipinski definition) is 1. The van der Waals surface area contributed by atoms with Crippen LogP contribution < -0.4 is 5.32 Å². The predicted octanol–water partition coefficient (Wildman–Crippen LogP) is 2.39. The molecule has 0 unspecified atom stereocenters. The lowest BCUT2D eigenvalue weighted by atomic mass is 10.1. The van der Waals surface area contributed by atoms with E-state index in [-0.39, 0.29) is 42.0 Å². The topological polar surface area (TPSA) is 86.8 Å². The molecule has 2 rings (SSSR count). The molecule has 168 valence electrons. The molecule has 0 aromatic heterocycles. The number of nitrogens with zero attached hydrogens (tertiary/aromatic N) is 2. The fraction of sp³-hybridized carbons (Fsp3) is 0.364. The Labute approximate surface area is 182 Å². The number of likely N-dealkylation sites (N-methyl/N-ethyl adjacent to an activating group) is 1. The van der Waals surface area contributed by atoms with Gasteiger partial charge < -0.3 is 10.2 Å². The van der Waals surface area contributed by atoms with Gasteiger partial charge in [0.05, 0.1) is 4.90 Å². The van der Waals surface area contributed by atoms with Crippen molar-refractivity contribution in [3.05, 3.63) is 66.0 Å². The van der Waals surface area contributed by atoms with Gasteiger partial charge in [-0.3, -0.25) is 9.59 Å². The Morgan fingerprint density at radius 2 is 1.68 bits per heavy atom. The Kier molecular flexibility index (Phi) is 8.70. The molecule has 9 heteroatoms. The first kappa shape index (κ1) is 24.5. The Morgan fingerprint density at radius 3 is 2.26 bits per heavy atom. The molecule has 0 saturated heterocycles. The molecule has 0 aliphatic carbocycles. The molecule has 1 N–H and O–H groups in total. The molecule has 0 aliphatic rings. The first-order chi connectivity index (χ1) is 14.7. The van der Waals surface area contributed by atoms with Crippen LogP contribution in [0.4, 0.5) is 4.39 Å². The SMILES string of the molecule is CNC(=O)[C@@H](C)N(Cc1ccc(F)cc1)C(=O)CCCN(C)S(=O)(=O)c1ccccc1. The van der Waals surface area contributed by atoms with Crippen molar-refractivity contribution in [1.29, 1.82) is 0 Å². The first-order valence-electron chi connectivity index (χ1n) is 9.93. The number of halogens is 1. The van der Waals surface area contributed by atoms with Crippen molar-refractivity contribution in [2.45, 2.75) is 37.2 Å². The average molecular weight is 450 g/mol. The highest BCUT2D eigenvalue weighted by atomic mass is 32.2. The molecule has 0 radical (unpaired) electrons. The number of hydrogen-bond acceptors (Lipinski definition) is 4. The summed E-state index contributed by atoms with van der Waals surface area (Å²) in [5.41, 5.74) is 0.689. The molecule has 0 fully saturated rings. The smallest absolute Gasteiger partial charge is 0.242 e. The van der Waals surface area contributed by atoms with Gasteiger partial charge in [0.1, 0.15) is 11.9 Å². The van der Waals surface area contributed by atoms with Crippen LogP contribution >= 0.6 is 0 Å². The number of carbonyl (C=O) groups excluding carboxylic acids is 2. The summed E-state index contributed by atoms with van der Waals surface area (Å²) in [6, 6.07) is 13.1. The zero-order chi connectivity index (χ0) is 23.0. The molecule has 1 atom stereocenters. The second kappa shape index (κ2) is 11.0. The Hall–Kier alpha value is -2.78. The summed E-state index contributed by atoms with van der Waals surface area (Å²) in [6.45, 7) is 1.92. The molecule has 31 heavy (non-hydrogen) atoms. The van der Waals surface area contributed by atoms with E-state index in [1.807, 2.05) is 0 Å². The number of benzene rings is 2. The Morgan fingerprint density at radius 1 is 1.06 bits per heavy atom. The molecule has 0 bridgehead atoms. The summed E-state index contributed by atoms with van der Waals surface area (Å²) in [5, 5.41) is 2.53. The number of sulfonamides is 1. The van der Waals surface area contributed by atoms with E-state index >= 15 is 0 Å². The Balaban J connectivity index is 2.03. The van der Waals surface area contributed by atoms with Gasteiger partial charge in [-0.1, -0.05) is 30.3 Å². The van der Waals surface area contributed by atoms with E-state index < -0.39 is 16.1 Å².